The summed E-state index contributed by atoms with van der Waals surface area (Å²) in [5.41, 5.74) is 6.45. The predicted molar refractivity (Wildman–Crippen MR) is 59.3 cm³/mol. The maximum atomic E-state index is 11.8. The van der Waals surface area contributed by atoms with Crippen LogP contribution in [-0.2, 0) is 20.8 Å². The Morgan fingerprint density at radius 3 is 3.06 bits per heavy atom. The Labute approximate surface area is 98.3 Å². The summed E-state index contributed by atoms with van der Waals surface area (Å²) in [6, 6.07) is 1.53. The van der Waals surface area contributed by atoms with Crippen molar-refractivity contribution < 1.29 is 19.1 Å². The van der Waals surface area contributed by atoms with Gasteiger partial charge in [-0.3, -0.25) is 0 Å². The fourth-order valence-corrected chi connectivity index (χ4v) is 1.74. The van der Waals surface area contributed by atoms with Crippen LogP contribution < -0.4 is 5.73 Å². The van der Waals surface area contributed by atoms with Gasteiger partial charge in [0, 0.05) is 19.2 Å². The van der Waals surface area contributed by atoms with Crippen LogP contribution in [0.4, 0.5) is 5.69 Å². The smallest absolute Gasteiger partial charge is 0.355 e. The van der Waals surface area contributed by atoms with E-state index in [2.05, 4.69) is 0 Å². The highest BCUT2D eigenvalue weighted by Gasteiger charge is 2.31. The normalized spacial score (nSPS) is 19.1. The SMILES string of the molecule is CCn1cc(N)cc1C(=O)OC1CCOC1=O. The minimum atomic E-state index is -0.788. The van der Waals surface area contributed by atoms with Crippen molar-refractivity contribution in [2.45, 2.75) is 26.0 Å². The molecule has 0 aliphatic carbocycles. The maximum absolute atomic E-state index is 11.8. The minimum absolute atomic E-state index is 0.299. The van der Waals surface area contributed by atoms with Gasteiger partial charge in [-0.2, -0.15) is 0 Å². The average Bonchev–Trinajstić information content (AvgIpc) is 2.85. The number of nitrogens with zero attached hydrogens (tertiary/aromatic N) is 1. The molecule has 1 fully saturated rings. The van der Waals surface area contributed by atoms with Crippen LogP contribution in [0.3, 0.4) is 0 Å². The molecule has 0 aromatic carbocycles. The number of hydrogen-bond acceptors (Lipinski definition) is 5. The molecule has 2 rings (SSSR count). The van der Waals surface area contributed by atoms with E-state index in [1.54, 1.807) is 10.8 Å². The van der Waals surface area contributed by atoms with Gasteiger partial charge in [0.05, 0.1) is 12.3 Å². The molecule has 1 saturated heterocycles. The quantitative estimate of drug-likeness (QED) is 0.778. The summed E-state index contributed by atoms with van der Waals surface area (Å²) >= 11 is 0. The molecule has 17 heavy (non-hydrogen) atoms. The second kappa shape index (κ2) is 4.48. The molecular weight excluding hydrogens is 224 g/mol. The highest BCUT2D eigenvalue weighted by Crippen LogP contribution is 2.16. The van der Waals surface area contributed by atoms with Crippen molar-refractivity contribution in [1.29, 1.82) is 0 Å². The summed E-state index contributed by atoms with van der Waals surface area (Å²) in [4.78, 5) is 23.0. The number of nitrogen functional groups attached to an aromatic ring is 1. The molecule has 2 N–H and O–H groups in total. The molecule has 6 nitrogen and oxygen atoms in total. The molecule has 1 aliphatic heterocycles. The van der Waals surface area contributed by atoms with Crippen molar-refractivity contribution in [2.75, 3.05) is 12.3 Å². The minimum Gasteiger partial charge on any atom is -0.463 e. The lowest BCUT2D eigenvalue weighted by atomic mass is 10.3. The second-order valence-corrected chi connectivity index (χ2v) is 3.79. The Balaban J connectivity index is 2.11. The molecule has 1 aromatic heterocycles. The first-order chi connectivity index (χ1) is 8.11. The lowest BCUT2D eigenvalue weighted by Crippen LogP contribution is -2.24. The van der Waals surface area contributed by atoms with Gasteiger partial charge in [0.25, 0.3) is 0 Å². The number of ether oxygens (including phenoxy) is 2. The predicted octanol–water partition coefficient (Wildman–Crippen LogP) is 0.563. The van der Waals surface area contributed by atoms with Crippen LogP contribution >= 0.6 is 0 Å². The van der Waals surface area contributed by atoms with Gasteiger partial charge in [-0.1, -0.05) is 0 Å². The van der Waals surface area contributed by atoms with E-state index in [9.17, 15) is 9.59 Å². The standard InChI is InChI=1S/C11H14N2O4/c1-2-13-6-7(12)5-8(13)10(14)17-9-3-4-16-11(9)15/h5-6,9H,2-4,12H2,1H3. The van der Waals surface area contributed by atoms with E-state index in [0.717, 1.165) is 0 Å². The molecule has 1 aromatic rings. The van der Waals surface area contributed by atoms with Gasteiger partial charge >= 0.3 is 11.9 Å². The first-order valence-corrected chi connectivity index (χ1v) is 5.45. The molecule has 0 spiro atoms. The van der Waals surface area contributed by atoms with Crippen LogP contribution in [0, 0.1) is 0 Å². The number of aryl methyl sites for hydroxylation is 1. The zero-order chi connectivity index (χ0) is 12.4. The zero-order valence-electron chi connectivity index (χ0n) is 9.51. The Morgan fingerprint density at radius 2 is 2.47 bits per heavy atom. The summed E-state index contributed by atoms with van der Waals surface area (Å²) in [5.74, 6) is -1.03. The van der Waals surface area contributed by atoms with E-state index in [1.165, 1.54) is 6.07 Å². The fraction of sp³-hybridized carbons (Fsp3) is 0.455. The first kappa shape index (κ1) is 11.5. The van der Waals surface area contributed by atoms with Crippen LogP contribution in [0.1, 0.15) is 23.8 Å². The lowest BCUT2D eigenvalue weighted by Gasteiger charge is -2.09. The third-order valence-corrected chi connectivity index (χ3v) is 2.60. The number of anilines is 1. The number of carbonyl (C=O) groups is 2. The molecule has 0 amide bonds. The third kappa shape index (κ3) is 2.25. The second-order valence-electron chi connectivity index (χ2n) is 3.79. The molecule has 6 heteroatoms. The first-order valence-electron chi connectivity index (χ1n) is 5.45. The molecule has 1 aliphatic rings. The van der Waals surface area contributed by atoms with E-state index in [-0.39, 0.29) is 0 Å². The maximum Gasteiger partial charge on any atom is 0.355 e. The zero-order valence-corrected chi connectivity index (χ0v) is 9.51. The van der Waals surface area contributed by atoms with Gasteiger partial charge in [-0.15, -0.1) is 0 Å². The third-order valence-electron chi connectivity index (χ3n) is 2.60. The van der Waals surface area contributed by atoms with Gasteiger partial charge in [0.15, 0.2) is 0 Å². The molecule has 0 bridgehead atoms. The van der Waals surface area contributed by atoms with Crippen molar-refractivity contribution >= 4 is 17.6 Å². The van der Waals surface area contributed by atoms with Crippen molar-refractivity contribution in [1.82, 2.24) is 4.57 Å². The van der Waals surface area contributed by atoms with Crippen LogP contribution in [0.5, 0.6) is 0 Å². The highest BCUT2D eigenvalue weighted by atomic mass is 16.6. The monoisotopic (exact) mass is 238 g/mol. The van der Waals surface area contributed by atoms with Crippen molar-refractivity contribution in [3.8, 4) is 0 Å². The van der Waals surface area contributed by atoms with Gasteiger partial charge in [-0.05, 0) is 13.0 Å². The van der Waals surface area contributed by atoms with Gasteiger partial charge in [0.2, 0.25) is 6.10 Å². The fourth-order valence-electron chi connectivity index (χ4n) is 1.74. The van der Waals surface area contributed by atoms with Crippen molar-refractivity contribution in [3.63, 3.8) is 0 Å². The lowest BCUT2D eigenvalue weighted by molar-refractivity contribution is -0.145. The van der Waals surface area contributed by atoms with Crippen molar-refractivity contribution in [2.24, 2.45) is 0 Å². The van der Waals surface area contributed by atoms with Gasteiger partial charge < -0.3 is 19.8 Å². The molecule has 0 saturated carbocycles. The summed E-state index contributed by atoms with van der Waals surface area (Å²) in [6.07, 6.45) is 1.28. The Bertz CT molecular complexity index is 452. The van der Waals surface area contributed by atoms with E-state index >= 15 is 0 Å². The molecular formula is C11H14N2O4. The molecule has 0 radical (unpaired) electrons. The van der Waals surface area contributed by atoms with E-state index in [1.807, 2.05) is 6.92 Å². The number of nitrogens with two attached hydrogens (primary N) is 1. The largest absolute Gasteiger partial charge is 0.463 e. The van der Waals surface area contributed by atoms with Crippen LogP contribution in [0.25, 0.3) is 0 Å². The number of esters is 2. The van der Waals surface area contributed by atoms with Crippen LogP contribution in [-0.4, -0.2) is 29.2 Å². The number of rotatable bonds is 3. The van der Waals surface area contributed by atoms with Gasteiger partial charge in [-0.25, -0.2) is 9.59 Å². The molecule has 2 heterocycles. The van der Waals surface area contributed by atoms with Crippen LogP contribution in [0.15, 0.2) is 12.3 Å². The summed E-state index contributed by atoms with van der Waals surface area (Å²) in [5, 5.41) is 0. The van der Waals surface area contributed by atoms with Crippen molar-refractivity contribution in [3.05, 3.63) is 18.0 Å². The highest BCUT2D eigenvalue weighted by molar-refractivity contribution is 5.91. The number of aromatic nitrogens is 1. The van der Waals surface area contributed by atoms with E-state index in [4.69, 9.17) is 15.2 Å². The molecule has 1 atom stereocenters. The summed E-state index contributed by atoms with van der Waals surface area (Å²) < 4.78 is 11.5. The average molecular weight is 238 g/mol. The van der Waals surface area contributed by atoms with Gasteiger partial charge in [0.1, 0.15) is 5.69 Å². The topological polar surface area (TPSA) is 83.6 Å². The summed E-state index contributed by atoms with van der Waals surface area (Å²) in [6.45, 7) is 2.80. The molecule has 92 valence electrons. The Kier molecular flexibility index (Phi) is 3.03. The molecule has 1 unspecified atom stereocenters. The van der Waals surface area contributed by atoms with E-state index < -0.39 is 18.0 Å². The number of hydrogen-bond donors (Lipinski definition) is 1. The number of cyclic esters (lactones) is 1. The van der Waals surface area contributed by atoms with E-state index in [0.29, 0.717) is 31.0 Å². The summed E-state index contributed by atoms with van der Waals surface area (Å²) in [7, 11) is 0. The van der Waals surface area contributed by atoms with Crippen LogP contribution in [0.2, 0.25) is 0 Å². The number of carbonyl (C=O) groups excluding carboxylic acids is 2. The Hall–Kier alpha value is -1.98. The Morgan fingerprint density at radius 1 is 1.71 bits per heavy atom.